The van der Waals surface area contributed by atoms with Gasteiger partial charge in [-0.3, -0.25) is 9.63 Å². The molecule has 46 heavy (non-hydrogen) atoms. The number of hydroxylamine groups is 2. The van der Waals surface area contributed by atoms with Crippen molar-refractivity contribution in [2.24, 2.45) is 29.1 Å². The molecular weight excluding hydrogens is 588 g/mol. The van der Waals surface area contributed by atoms with Gasteiger partial charge < -0.3 is 30.1 Å². The van der Waals surface area contributed by atoms with Crippen LogP contribution >= 0.6 is 0 Å². The van der Waals surface area contributed by atoms with E-state index in [-0.39, 0.29) is 36.1 Å². The minimum absolute atomic E-state index is 0.0315. The summed E-state index contributed by atoms with van der Waals surface area (Å²) in [5, 5.41) is 36.0. The lowest BCUT2D eigenvalue weighted by Crippen LogP contribution is -2.62. The number of carbonyl (C=O) groups is 2. The first-order valence-electron chi connectivity index (χ1n) is 16.4. The Labute approximate surface area is 271 Å². The highest BCUT2D eigenvalue weighted by atomic mass is 16.7. The zero-order valence-electron chi connectivity index (χ0n) is 27.9. The molecular formula is C36H48N2O8. The third kappa shape index (κ3) is 5.47. The number of methoxy groups -OCH3 is 1. The van der Waals surface area contributed by atoms with Crippen LogP contribution in [0.25, 0.3) is 11.1 Å². The van der Waals surface area contributed by atoms with Crippen LogP contribution in [0.15, 0.2) is 30.3 Å². The van der Waals surface area contributed by atoms with Gasteiger partial charge in [0.05, 0.1) is 26.4 Å². The lowest BCUT2D eigenvalue weighted by atomic mass is 9.45. The molecule has 0 unspecified atom stereocenters. The second kappa shape index (κ2) is 11.8. The van der Waals surface area contributed by atoms with Gasteiger partial charge in [-0.1, -0.05) is 39.0 Å². The van der Waals surface area contributed by atoms with Crippen molar-refractivity contribution in [2.75, 3.05) is 13.7 Å². The lowest BCUT2D eigenvalue weighted by molar-refractivity contribution is -0.183. The number of carboxylic acid groups (broad SMARTS) is 1. The number of aliphatic hydroxyl groups excluding tert-OH is 2. The van der Waals surface area contributed by atoms with Crippen LogP contribution in [0.1, 0.15) is 75.9 Å². The molecule has 10 nitrogen and oxygen atoms in total. The maximum atomic E-state index is 14.1. The zero-order chi connectivity index (χ0) is 33.3. The maximum absolute atomic E-state index is 14.1. The van der Waals surface area contributed by atoms with Crippen LogP contribution < -0.4 is 14.8 Å². The van der Waals surface area contributed by atoms with Gasteiger partial charge in [0.15, 0.2) is 0 Å². The van der Waals surface area contributed by atoms with Gasteiger partial charge in [-0.25, -0.2) is 4.79 Å². The first-order chi connectivity index (χ1) is 21.7. The van der Waals surface area contributed by atoms with E-state index in [0.717, 1.165) is 12.0 Å². The van der Waals surface area contributed by atoms with E-state index in [0.29, 0.717) is 52.4 Å². The summed E-state index contributed by atoms with van der Waals surface area (Å²) in [6, 6.07) is 8.35. The molecule has 2 bridgehead atoms. The van der Waals surface area contributed by atoms with Crippen molar-refractivity contribution in [3.63, 3.8) is 0 Å². The molecule has 1 amide bonds. The van der Waals surface area contributed by atoms with Gasteiger partial charge in [0.25, 0.3) is 0 Å². The van der Waals surface area contributed by atoms with Crippen LogP contribution in [0.5, 0.6) is 11.5 Å². The molecule has 2 heterocycles. The predicted octanol–water partition coefficient (Wildman–Crippen LogP) is 4.43. The van der Waals surface area contributed by atoms with E-state index in [1.165, 1.54) is 6.42 Å². The molecule has 10 heteroatoms. The van der Waals surface area contributed by atoms with Crippen LogP contribution in [-0.4, -0.2) is 75.9 Å². The normalized spacial score (nSPS) is 31.4. The van der Waals surface area contributed by atoms with Gasteiger partial charge in [0, 0.05) is 29.5 Å². The van der Waals surface area contributed by atoms with Gasteiger partial charge >= 0.3 is 5.97 Å². The molecule has 8 atom stereocenters. The molecule has 1 saturated heterocycles. The second-order valence-corrected chi connectivity index (χ2v) is 15.1. The first-order valence-corrected chi connectivity index (χ1v) is 16.4. The summed E-state index contributed by atoms with van der Waals surface area (Å²) in [5.74, 6) is 0.412. The van der Waals surface area contributed by atoms with E-state index in [9.17, 15) is 24.9 Å². The number of aliphatic hydroxyl groups is 2. The molecule has 2 aromatic carbocycles. The van der Waals surface area contributed by atoms with Gasteiger partial charge in [-0.05, 0) is 80.0 Å². The molecule has 3 saturated carbocycles. The number of carbonyl (C=O) groups excluding carboxylic acids is 1. The highest BCUT2D eigenvalue weighted by Crippen LogP contribution is 2.61. The summed E-state index contributed by atoms with van der Waals surface area (Å²) in [5.41, 5.74) is 2.75. The predicted molar refractivity (Wildman–Crippen MR) is 171 cm³/mol. The third-order valence-electron chi connectivity index (χ3n) is 11.4. The van der Waals surface area contributed by atoms with E-state index in [1.54, 1.807) is 25.2 Å². The zero-order valence-corrected chi connectivity index (χ0v) is 27.9. The van der Waals surface area contributed by atoms with E-state index in [2.05, 4.69) is 26.1 Å². The quantitative estimate of drug-likeness (QED) is 0.315. The fourth-order valence-electron chi connectivity index (χ4n) is 8.86. The number of amides is 1. The molecule has 5 aliphatic rings. The Morgan fingerprint density at radius 3 is 2.52 bits per heavy atom. The Kier molecular flexibility index (Phi) is 8.41. The lowest BCUT2D eigenvalue weighted by Gasteiger charge is -2.62. The van der Waals surface area contributed by atoms with Crippen molar-refractivity contribution in [3.05, 3.63) is 47.0 Å². The second-order valence-electron chi connectivity index (χ2n) is 15.1. The summed E-state index contributed by atoms with van der Waals surface area (Å²) >= 11 is 0. The number of nitrogens with one attached hydrogen (secondary N) is 1. The summed E-state index contributed by atoms with van der Waals surface area (Å²) in [6.07, 6.45) is 1.01. The van der Waals surface area contributed by atoms with Crippen LogP contribution in [0.4, 0.5) is 0 Å². The van der Waals surface area contributed by atoms with Gasteiger partial charge in [-0.15, -0.1) is 0 Å². The fourth-order valence-corrected chi connectivity index (χ4v) is 8.86. The average molecular weight is 637 g/mol. The highest BCUT2D eigenvalue weighted by molar-refractivity contribution is 5.94. The molecule has 3 aliphatic carbocycles. The van der Waals surface area contributed by atoms with Crippen LogP contribution in [-0.2, 0) is 22.6 Å². The smallest absolute Gasteiger partial charge is 0.339 e. The fraction of sp³-hybridized carbons (Fsp3) is 0.611. The summed E-state index contributed by atoms with van der Waals surface area (Å²) in [4.78, 5) is 32.5. The van der Waals surface area contributed by atoms with Crippen molar-refractivity contribution in [2.45, 2.75) is 97.2 Å². The molecule has 2 aliphatic heterocycles. The number of benzene rings is 2. The largest absolute Gasteiger partial charge is 0.496 e. The Hall–Kier alpha value is -3.18. The van der Waals surface area contributed by atoms with Crippen LogP contribution in [0.3, 0.4) is 0 Å². The van der Waals surface area contributed by atoms with Crippen molar-refractivity contribution in [3.8, 4) is 22.6 Å². The number of hydrogen-bond acceptors (Lipinski definition) is 8. The molecule has 2 aromatic rings. The number of rotatable bonds is 9. The van der Waals surface area contributed by atoms with Crippen molar-refractivity contribution in [1.82, 2.24) is 10.4 Å². The SMILES string of the molecule is COc1c(CN2O[C@@H](CO)[C@@H]([C@H](C)O)[C@H]2C(=O)N[C@H]2C[C@@H]3C[C@H]([C@@H]2C)C3(C)C)cccc1-c1cc2c(c(C(=O)O)c1)OC(C)(C)C2. The molecule has 4 N–H and O–H groups in total. The number of fused-ring (bicyclic) bond motifs is 3. The van der Waals surface area contributed by atoms with Gasteiger partial charge in [0.1, 0.15) is 34.8 Å². The summed E-state index contributed by atoms with van der Waals surface area (Å²) in [6.45, 7) is 12.1. The summed E-state index contributed by atoms with van der Waals surface area (Å²) in [7, 11) is 1.56. The Morgan fingerprint density at radius 2 is 1.91 bits per heavy atom. The maximum Gasteiger partial charge on any atom is 0.339 e. The van der Waals surface area contributed by atoms with Crippen molar-refractivity contribution < 1.29 is 39.2 Å². The third-order valence-corrected chi connectivity index (χ3v) is 11.4. The number of carboxylic acids is 1. The summed E-state index contributed by atoms with van der Waals surface area (Å²) < 4.78 is 11.9. The molecule has 0 spiro atoms. The molecule has 0 aromatic heterocycles. The van der Waals surface area contributed by atoms with Crippen LogP contribution in [0.2, 0.25) is 0 Å². The van der Waals surface area contributed by atoms with E-state index >= 15 is 0 Å². The molecule has 250 valence electrons. The monoisotopic (exact) mass is 636 g/mol. The molecule has 4 fully saturated rings. The standard InChI is InChI=1S/C36H48N2O8/c1-18-26-13-23(36(26,5)6)14-27(18)37-33(41)30-29(19(2)40)28(17-39)46-38(30)16-20-9-8-10-24(31(20)44-7)21-11-22-15-35(3,4)45-32(22)25(12-21)34(42)43/h8-12,18-19,23,26-30,39-40H,13-17H2,1-7H3,(H,37,41)(H,42,43)/t18-,19-,23-,26+,27-,28-,29+,30-/m0/s1. The number of ether oxygens (including phenoxy) is 2. The van der Waals surface area contributed by atoms with E-state index in [1.807, 2.05) is 38.1 Å². The van der Waals surface area contributed by atoms with Crippen molar-refractivity contribution in [1.29, 1.82) is 0 Å². The minimum Gasteiger partial charge on any atom is -0.496 e. The number of para-hydroxylation sites is 1. The number of nitrogens with zero attached hydrogens (tertiary/aromatic N) is 1. The average Bonchev–Trinajstić information content (AvgIpc) is 3.52. The van der Waals surface area contributed by atoms with E-state index < -0.39 is 35.7 Å². The molecule has 0 radical (unpaired) electrons. The Balaban J connectivity index is 1.31. The Morgan fingerprint density at radius 1 is 1.17 bits per heavy atom. The van der Waals surface area contributed by atoms with E-state index in [4.69, 9.17) is 14.3 Å². The first kappa shape index (κ1) is 32.7. The van der Waals surface area contributed by atoms with Crippen molar-refractivity contribution >= 4 is 11.9 Å². The molecule has 7 rings (SSSR count). The van der Waals surface area contributed by atoms with Crippen LogP contribution in [0, 0.1) is 29.1 Å². The Bertz CT molecular complexity index is 1520. The van der Waals surface area contributed by atoms with Gasteiger partial charge in [-0.2, -0.15) is 5.06 Å². The number of aromatic carboxylic acids is 1. The topological polar surface area (TPSA) is 138 Å². The minimum atomic E-state index is -1.07. The van der Waals surface area contributed by atoms with Gasteiger partial charge in [0.2, 0.25) is 5.91 Å². The highest BCUT2D eigenvalue weighted by Gasteiger charge is 2.57. The number of hydrogen-bond donors (Lipinski definition) is 4.